The zero-order chi connectivity index (χ0) is 20.4. The fourth-order valence-corrected chi connectivity index (χ4v) is 3.43. The molecule has 0 unspecified atom stereocenters. The van der Waals surface area contributed by atoms with Crippen molar-refractivity contribution in [2.24, 2.45) is 0 Å². The van der Waals surface area contributed by atoms with Crippen LogP contribution in [-0.4, -0.2) is 23.1 Å². The van der Waals surface area contributed by atoms with Crippen molar-refractivity contribution in [2.75, 3.05) is 18.5 Å². The smallest absolute Gasteiger partial charge is 0.352 e. The van der Waals surface area contributed by atoms with Gasteiger partial charge in [0.25, 0.3) is 0 Å². The zero-order valence-electron chi connectivity index (χ0n) is 15.8. The average molecular weight is 432 g/mol. The molecule has 0 saturated heterocycles. The first-order valence-electron chi connectivity index (χ1n) is 9.17. The van der Waals surface area contributed by atoms with E-state index in [9.17, 15) is 4.79 Å². The maximum Gasteiger partial charge on any atom is 0.352 e. The van der Waals surface area contributed by atoms with Gasteiger partial charge in [0, 0.05) is 32.3 Å². The minimum absolute atomic E-state index is 0.283. The minimum Gasteiger partial charge on any atom is -0.473 e. The Bertz CT molecular complexity index is 1080. The van der Waals surface area contributed by atoms with E-state index in [1.165, 1.54) is 0 Å². The van der Waals surface area contributed by atoms with Crippen LogP contribution in [0.3, 0.4) is 0 Å². The van der Waals surface area contributed by atoms with Crippen LogP contribution in [0, 0.1) is 0 Å². The number of rotatable bonds is 5. The first-order valence-corrected chi connectivity index (χ1v) is 9.93. The molecule has 0 amide bonds. The maximum atomic E-state index is 12.2. The third-order valence-corrected chi connectivity index (χ3v) is 5.41. The van der Waals surface area contributed by atoms with Crippen molar-refractivity contribution in [1.82, 2.24) is 9.55 Å². The fraction of sp³-hybridized carbons (Fsp3) is 0.238. The third kappa shape index (κ3) is 4.49. The van der Waals surface area contributed by atoms with Gasteiger partial charge in [0.2, 0.25) is 5.88 Å². The lowest BCUT2D eigenvalue weighted by molar-refractivity contribution is 0.290. The van der Waals surface area contributed by atoms with Gasteiger partial charge in [0.05, 0.1) is 10.0 Å². The van der Waals surface area contributed by atoms with Gasteiger partial charge < -0.3 is 14.4 Å². The average Bonchev–Trinajstić information content (AvgIpc) is 2.71. The Morgan fingerprint density at radius 1 is 1.00 bits per heavy atom. The lowest BCUT2D eigenvalue weighted by Crippen LogP contribution is -2.36. The molecule has 0 spiro atoms. The molecule has 2 aromatic carbocycles. The van der Waals surface area contributed by atoms with E-state index in [-0.39, 0.29) is 5.69 Å². The monoisotopic (exact) mass is 431 g/mol. The second kappa shape index (κ2) is 8.35. The molecule has 6 nitrogen and oxygen atoms in total. The van der Waals surface area contributed by atoms with Crippen molar-refractivity contribution in [3.63, 3.8) is 0 Å². The number of hydrogen-bond acceptors (Lipinski definition) is 5. The predicted molar refractivity (Wildman–Crippen MR) is 114 cm³/mol. The molecule has 0 N–H and O–H groups in total. The number of anilines is 1. The summed E-state index contributed by atoms with van der Waals surface area (Å²) in [6.07, 6.45) is 0.932. The highest BCUT2D eigenvalue weighted by atomic mass is 35.5. The van der Waals surface area contributed by atoms with Crippen molar-refractivity contribution in [2.45, 2.75) is 19.6 Å². The van der Waals surface area contributed by atoms with Gasteiger partial charge in [0.15, 0.2) is 0 Å². The molecule has 2 heterocycles. The van der Waals surface area contributed by atoms with E-state index >= 15 is 0 Å². The SMILES string of the molecule is CN1CCCn2c1cc(OCc1ccc(Oc3ccc(Cl)c(Cl)c3)cc1)nc2=O. The van der Waals surface area contributed by atoms with E-state index in [1.54, 1.807) is 22.8 Å². The standard InChI is InChI=1S/C21H19Cl2N3O3/c1-25-9-2-10-26-20(25)12-19(24-21(26)27)28-13-14-3-5-15(6-4-14)29-16-7-8-17(22)18(23)11-16/h3-8,11-12H,2,9-10,13H2,1H3. The Kier molecular flexibility index (Phi) is 5.65. The van der Waals surface area contributed by atoms with Gasteiger partial charge in [-0.15, -0.1) is 0 Å². The lowest BCUT2D eigenvalue weighted by atomic mass is 10.2. The van der Waals surface area contributed by atoms with E-state index in [0.717, 1.165) is 24.3 Å². The van der Waals surface area contributed by atoms with Crippen LogP contribution >= 0.6 is 23.2 Å². The van der Waals surface area contributed by atoms with Gasteiger partial charge in [-0.2, -0.15) is 4.98 Å². The first kappa shape index (κ1) is 19.6. The van der Waals surface area contributed by atoms with Crippen LogP contribution in [0.15, 0.2) is 53.3 Å². The largest absolute Gasteiger partial charge is 0.473 e. The number of fused-ring (bicyclic) bond motifs is 1. The highest BCUT2D eigenvalue weighted by Crippen LogP contribution is 2.29. The van der Waals surface area contributed by atoms with E-state index in [2.05, 4.69) is 4.98 Å². The molecule has 150 valence electrons. The Labute approximate surface area is 178 Å². The number of ether oxygens (including phenoxy) is 2. The van der Waals surface area contributed by atoms with Gasteiger partial charge in [-0.3, -0.25) is 4.57 Å². The number of halogens is 2. The number of benzene rings is 2. The van der Waals surface area contributed by atoms with Crippen molar-refractivity contribution in [1.29, 1.82) is 0 Å². The summed E-state index contributed by atoms with van der Waals surface area (Å²) in [6, 6.07) is 14.4. The summed E-state index contributed by atoms with van der Waals surface area (Å²) in [5, 5.41) is 0.918. The Hall–Kier alpha value is -2.70. The predicted octanol–water partition coefficient (Wildman–Crippen LogP) is 4.76. The van der Waals surface area contributed by atoms with E-state index in [4.69, 9.17) is 32.7 Å². The van der Waals surface area contributed by atoms with Crippen LogP contribution in [0.4, 0.5) is 5.82 Å². The fourth-order valence-electron chi connectivity index (χ4n) is 3.14. The zero-order valence-corrected chi connectivity index (χ0v) is 17.3. The van der Waals surface area contributed by atoms with E-state index < -0.39 is 0 Å². The Balaban J connectivity index is 1.42. The molecule has 3 aromatic rings. The van der Waals surface area contributed by atoms with E-state index in [0.29, 0.717) is 40.6 Å². The number of aromatic nitrogens is 2. The highest BCUT2D eigenvalue weighted by molar-refractivity contribution is 6.42. The molecule has 0 radical (unpaired) electrons. The summed E-state index contributed by atoms with van der Waals surface area (Å²) in [5.74, 6) is 2.42. The summed E-state index contributed by atoms with van der Waals surface area (Å²) < 4.78 is 13.2. The lowest BCUT2D eigenvalue weighted by Gasteiger charge is -2.28. The summed E-state index contributed by atoms with van der Waals surface area (Å²) >= 11 is 11.9. The van der Waals surface area contributed by atoms with Crippen LogP contribution in [0.25, 0.3) is 0 Å². The molecular formula is C21H19Cl2N3O3. The second-order valence-electron chi connectivity index (χ2n) is 6.77. The number of hydrogen-bond donors (Lipinski definition) is 0. The Morgan fingerprint density at radius 3 is 2.52 bits per heavy atom. The Morgan fingerprint density at radius 2 is 1.76 bits per heavy atom. The van der Waals surface area contributed by atoms with Crippen LogP contribution < -0.4 is 20.1 Å². The van der Waals surface area contributed by atoms with Crippen LogP contribution in [0.1, 0.15) is 12.0 Å². The minimum atomic E-state index is -0.283. The first-order chi connectivity index (χ1) is 14.0. The van der Waals surface area contributed by atoms with Crippen molar-refractivity contribution < 1.29 is 9.47 Å². The topological polar surface area (TPSA) is 56.6 Å². The highest BCUT2D eigenvalue weighted by Gasteiger charge is 2.17. The molecular weight excluding hydrogens is 413 g/mol. The van der Waals surface area contributed by atoms with E-state index in [1.807, 2.05) is 42.3 Å². The molecule has 29 heavy (non-hydrogen) atoms. The molecule has 0 aliphatic carbocycles. The molecule has 0 saturated carbocycles. The summed E-state index contributed by atoms with van der Waals surface area (Å²) in [6.45, 7) is 1.89. The molecule has 0 atom stereocenters. The number of nitrogens with zero attached hydrogens (tertiary/aromatic N) is 3. The normalized spacial score (nSPS) is 13.1. The van der Waals surface area contributed by atoms with Gasteiger partial charge in [-0.1, -0.05) is 35.3 Å². The molecule has 0 fully saturated rings. The quantitative estimate of drug-likeness (QED) is 0.582. The maximum absolute atomic E-state index is 12.2. The molecule has 0 bridgehead atoms. The van der Waals surface area contributed by atoms with Crippen LogP contribution in [0.2, 0.25) is 10.0 Å². The summed E-state index contributed by atoms with van der Waals surface area (Å²) in [5.41, 5.74) is 0.647. The molecule has 1 aliphatic rings. The van der Waals surface area contributed by atoms with Gasteiger partial charge in [-0.05, 0) is 36.2 Å². The summed E-state index contributed by atoms with van der Waals surface area (Å²) in [4.78, 5) is 18.3. The molecule has 4 rings (SSSR count). The second-order valence-corrected chi connectivity index (χ2v) is 7.59. The van der Waals surface area contributed by atoms with Gasteiger partial charge in [0.1, 0.15) is 23.9 Å². The van der Waals surface area contributed by atoms with Crippen molar-refractivity contribution >= 4 is 29.0 Å². The molecule has 8 heteroatoms. The van der Waals surface area contributed by atoms with Gasteiger partial charge >= 0.3 is 5.69 Å². The van der Waals surface area contributed by atoms with Gasteiger partial charge in [-0.25, -0.2) is 4.79 Å². The van der Waals surface area contributed by atoms with Crippen molar-refractivity contribution in [3.05, 3.63) is 74.6 Å². The third-order valence-electron chi connectivity index (χ3n) is 4.67. The molecule has 1 aromatic heterocycles. The molecule has 1 aliphatic heterocycles. The van der Waals surface area contributed by atoms with Crippen LogP contribution in [-0.2, 0) is 13.2 Å². The van der Waals surface area contributed by atoms with Crippen molar-refractivity contribution in [3.8, 4) is 17.4 Å². The summed E-state index contributed by atoms with van der Waals surface area (Å²) in [7, 11) is 1.96. The van der Waals surface area contributed by atoms with Crippen LogP contribution in [0.5, 0.6) is 17.4 Å².